The highest BCUT2D eigenvalue weighted by Gasteiger charge is 2.52. The summed E-state index contributed by atoms with van der Waals surface area (Å²) in [5.74, 6) is -1.44. The first-order valence-electron chi connectivity index (χ1n) is 9.25. The molecular formula is C21H20F3N3O3. The standard InChI is InChI=1S/C21H20F3N3O3/c1-3-26(14-9-5-4-6-10-14)17(28)13-27-18(29)20(2,25-19(27)30)15-11-7-8-12-16(15)21(22,23)24/h4-12H,3,13H2,1-2H3,(H,25,30). The van der Waals surface area contributed by atoms with Gasteiger partial charge in [0.15, 0.2) is 0 Å². The number of likely N-dealkylation sites (N-methyl/N-ethyl adjacent to an activating group) is 1. The van der Waals surface area contributed by atoms with Crippen LogP contribution < -0.4 is 10.2 Å². The number of para-hydroxylation sites is 1. The van der Waals surface area contributed by atoms with Crippen LogP contribution in [0.4, 0.5) is 23.7 Å². The number of hydrogen-bond donors (Lipinski definition) is 1. The second kappa shape index (κ2) is 7.81. The number of anilines is 1. The van der Waals surface area contributed by atoms with Gasteiger partial charge in [-0.05, 0) is 37.6 Å². The van der Waals surface area contributed by atoms with Crippen molar-refractivity contribution in [3.63, 3.8) is 0 Å². The van der Waals surface area contributed by atoms with E-state index in [9.17, 15) is 27.6 Å². The van der Waals surface area contributed by atoms with E-state index < -0.39 is 41.7 Å². The SMILES string of the molecule is CCN(C(=O)CN1C(=O)NC(C)(c2ccccc2C(F)(F)F)C1=O)c1ccccc1. The maximum Gasteiger partial charge on any atom is 0.416 e. The number of nitrogens with zero attached hydrogens (tertiary/aromatic N) is 2. The van der Waals surface area contributed by atoms with Crippen molar-refractivity contribution in [2.75, 3.05) is 18.0 Å². The Hall–Kier alpha value is -3.36. The smallest absolute Gasteiger partial charge is 0.319 e. The number of alkyl halides is 3. The Morgan fingerprint density at radius 2 is 1.67 bits per heavy atom. The third-order valence-corrected chi connectivity index (χ3v) is 5.02. The second-order valence-electron chi connectivity index (χ2n) is 6.96. The van der Waals surface area contributed by atoms with Gasteiger partial charge in [0.25, 0.3) is 5.91 Å². The predicted molar refractivity (Wildman–Crippen MR) is 104 cm³/mol. The number of carbonyl (C=O) groups is 3. The highest BCUT2D eigenvalue weighted by Crippen LogP contribution is 2.39. The van der Waals surface area contributed by atoms with Crippen LogP contribution in [-0.4, -0.2) is 35.8 Å². The number of carbonyl (C=O) groups excluding carboxylic acids is 3. The lowest BCUT2D eigenvalue weighted by Crippen LogP contribution is -2.45. The molecule has 0 bridgehead atoms. The molecule has 4 amide bonds. The summed E-state index contributed by atoms with van der Waals surface area (Å²) >= 11 is 0. The van der Waals surface area contributed by atoms with Crippen molar-refractivity contribution >= 4 is 23.5 Å². The van der Waals surface area contributed by atoms with Crippen molar-refractivity contribution in [3.05, 3.63) is 65.7 Å². The molecule has 3 rings (SSSR count). The molecule has 0 aliphatic carbocycles. The minimum Gasteiger partial charge on any atom is -0.319 e. The molecule has 6 nitrogen and oxygen atoms in total. The Labute approximate surface area is 171 Å². The van der Waals surface area contributed by atoms with Crippen LogP contribution in [0.25, 0.3) is 0 Å². The Morgan fingerprint density at radius 3 is 2.27 bits per heavy atom. The molecule has 0 radical (unpaired) electrons. The quantitative estimate of drug-likeness (QED) is 0.754. The number of halogens is 3. The van der Waals surface area contributed by atoms with Gasteiger partial charge in [0.2, 0.25) is 5.91 Å². The zero-order valence-electron chi connectivity index (χ0n) is 16.4. The molecule has 1 aliphatic heterocycles. The van der Waals surface area contributed by atoms with E-state index in [-0.39, 0.29) is 5.56 Å². The molecule has 1 aliphatic rings. The fraction of sp³-hybridized carbons (Fsp3) is 0.286. The molecule has 0 saturated carbocycles. The highest BCUT2D eigenvalue weighted by atomic mass is 19.4. The van der Waals surface area contributed by atoms with E-state index in [0.29, 0.717) is 17.1 Å². The van der Waals surface area contributed by atoms with Gasteiger partial charge >= 0.3 is 12.2 Å². The zero-order chi connectivity index (χ0) is 22.1. The highest BCUT2D eigenvalue weighted by molar-refractivity contribution is 6.10. The van der Waals surface area contributed by atoms with Crippen LogP contribution in [0.1, 0.15) is 25.0 Å². The van der Waals surface area contributed by atoms with E-state index in [1.165, 1.54) is 24.0 Å². The van der Waals surface area contributed by atoms with Crippen LogP contribution in [0.2, 0.25) is 0 Å². The molecule has 1 fully saturated rings. The molecule has 30 heavy (non-hydrogen) atoms. The number of urea groups is 1. The number of rotatable bonds is 5. The minimum absolute atomic E-state index is 0.292. The van der Waals surface area contributed by atoms with Gasteiger partial charge in [-0.1, -0.05) is 36.4 Å². The van der Waals surface area contributed by atoms with E-state index in [1.807, 2.05) is 0 Å². The lowest BCUT2D eigenvalue weighted by Gasteiger charge is -2.26. The van der Waals surface area contributed by atoms with Crippen molar-refractivity contribution in [1.29, 1.82) is 0 Å². The van der Waals surface area contributed by atoms with E-state index in [0.717, 1.165) is 12.1 Å². The van der Waals surface area contributed by atoms with Crippen LogP contribution >= 0.6 is 0 Å². The maximum absolute atomic E-state index is 13.4. The van der Waals surface area contributed by atoms with E-state index in [1.54, 1.807) is 37.3 Å². The normalized spacial score (nSPS) is 19.0. The van der Waals surface area contributed by atoms with Crippen molar-refractivity contribution in [2.45, 2.75) is 25.6 Å². The van der Waals surface area contributed by atoms with E-state index in [4.69, 9.17) is 0 Å². The Kier molecular flexibility index (Phi) is 5.56. The van der Waals surface area contributed by atoms with Gasteiger partial charge in [0, 0.05) is 12.2 Å². The van der Waals surface area contributed by atoms with Crippen LogP contribution in [-0.2, 0) is 21.3 Å². The zero-order valence-corrected chi connectivity index (χ0v) is 16.4. The summed E-state index contributed by atoms with van der Waals surface area (Å²) in [4.78, 5) is 40.3. The van der Waals surface area contributed by atoms with Gasteiger partial charge in [-0.3, -0.25) is 14.5 Å². The largest absolute Gasteiger partial charge is 0.416 e. The van der Waals surface area contributed by atoms with Crippen LogP contribution in [0.5, 0.6) is 0 Å². The first kappa shape index (κ1) is 21.4. The van der Waals surface area contributed by atoms with E-state index in [2.05, 4.69) is 5.32 Å². The van der Waals surface area contributed by atoms with Gasteiger partial charge in [0.1, 0.15) is 12.1 Å². The molecule has 9 heteroatoms. The average Bonchev–Trinajstić information content (AvgIpc) is 2.93. The van der Waals surface area contributed by atoms with Gasteiger partial charge in [-0.15, -0.1) is 0 Å². The summed E-state index contributed by atoms with van der Waals surface area (Å²) in [5, 5.41) is 2.33. The molecule has 158 valence electrons. The summed E-state index contributed by atoms with van der Waals surface area (Å²) in [5.41, 5.74) is -2.75. The van der Waals surface area contributed by atoms with Gasteiger partial charge in [-0.2, -0.15) is 13.2 Å². The number of nitrogens with one attached hydrogen (secondary N) is 1. The van der Waals surface area contributed by atoms with Gasteiger partial charge < -0.3 is 10.2 Å². The number of hydrogen-bond acceptors (Lipinski definition) is 3. The summed E-state index contributed by atoms with van der Waals surface area (Å²) in [7, 11) is 0. The number of amides is 4. The molecule has 0 spiro atoms. The molecule has 1 saturated heterocycles. The van der Waals surface area contributed by atoms with E-state index >= 15 is 0 Å². The summed E-state index contributed by atoms with van der Waals surface area (Å²) < 4.78 is 40.3. The molecule has 1 N–H and O–H groups in total. The molecule has 2 aromatic carbocycles. The lowest BCUT2D eigenvalue weighted by molar-refractivity contribution is -0.140. The number of imide groups is 1. The van der Waals surface area contributed by atoms with Crippen LogP contribution in [0, 0.1) is 0 Å². The maximum atomic E-state index is 13.4. The van der Waals surface area contributed by atoms with Gasteiger partial charge in [0.05, 0.1) is 5.56 Å². The fourth-order valence-corrected chi connectivity index (χ4v) is 3.52. The molecular weight excluding hydrogens is 399 g/mol. The number of benzene rings is 2. The first-order chi connectivity index (χ1) is 14.1. The molecule has 1 unspecified atom stereocenters. The summed E-state index contributed by atoms with van der Waals surface area (Å²) in [6.45, 7) is 2.65. The van der Waals surface area contributed by atoms with Crippen molar-refractivity contribution < 1.29 is 27.6 Å². The fourth-order valence-electron chi connectivity index (χ4n) is 3.52. The van der Waals surface area contributed by atoms with Crippen LogP contribution in [0.3, 0.4) is 0 Å². The monoisotopic (exact) mass is 419 g/mol. The van der Waals surface area contributed by atoms with Crippen molar-refractivity contribution in [3.8, 4) is 0 Å². The predicted octanol–water partition coefficient (Wildman–Crippen LogP) is 3.53. The van der Waals surface area contributed by atoms with Crippen molar-refractivity contribution in [1.82, 2.24) is 10.2 Å². The third kappa shape index (κ3) is 3.74. The minimum atomic E-state index is -4.71. The molecule has 1 atom stereocenters. The lowest BCUT2D eigenvalue weighted by atomic mass is 9.87. The van der Waals surface area contributed by atoms with Gasteiger partial charge in [-0.25, -0.2) is 4.79 Å². The summed E-state index contributed by atoms with van der Waals surface area (Å²) in [6.07, 6.45) is -4.71. The Morgan fingerprint density at radius 1 is 1.07 bits per heavy atom. The first-order valence-corrected chi connectivity index (χ1v) is 9.25. The molecule has 1 heterocycles. The average molecular weight is 419 g/mol. The third-order valence-electron chi connectivity index (χ3n) is 5.02. The molecule has 0 aromatic heterocycles. The Bertz CT molecular complexity index is 978. The van der Waals surface area contributed by atoms with Crippen molar-refractivity contribution in [2.24, 2.45) is 0 Å². The summed E-state index contributed by atoms with van der Waals surface area (Å²) in [6, 6.07) is 12.3. The molecule has 2 aromatic rings. The second-order valence-corrected chi connectivity index (χ2v) is 6.96. The van der Waals surface area contributed by atoms with Crippen LogP contribution in [0.15, 0.2) is 54.6 Å². The Balaban J connectivity index is 1.89. The topological polar surface area (TPSA) is 69.7 Å².